The normalized spacial score (nSPS) is 12.1. The van der Waals surface area contributed by atoms with Gasteiger partial charge < -0.3 is 0 Å². The molecular formula is C7H10F3N3. The van der Waals surface area contributed by atoms with Crippen molar-refractivity contribution in [2.24, 2.45) is 7.05 Å². The van der Waals surface area contributed by atoms with E-state index in [1.165, 1.54) is 7.05 Å². The summed E-state index contributed by atoms with van der Waals surface area (Å²) in [5.74, 6) is 0. The summed E-state index contributed by atoms with van der Waals surface area (Å²) in [4.78, 5) is 0. The molecule has 1 rings (SSSR count). The van der Waals surface area contributed by atoms with E-state index >= 15 is 0 Å². The number of hydrogen-bond acceptors (Lipinski definition) is 2. The summed E-state index contributed by atoms with van der Waals surface area (Å²) in [6.45, 7) is 1.80. The Morgan fingerprint density at radius 1 is 1.38 bits per heavy atom. The Balaban J connectivity index is 3.09. The second kappa shape index (κ2) is 3.35. The van der Waals surface area contributed by atoms with Gasteiger partial charge in [-0.25, -0.2) is 4.68 Å². The molecule has 1 aromatic heterocycles. The van der Waals surface area contributed by atoms with E-state index in [1.807, 2.05) is 0 Å². The van der Waals surface area contributed by atoms with Crippen LogP contribution in [-0.4, -0.2) is 15.0 Å². The summed E-state index contributed by atoms with van der Waals surface area (Å²) in [6, 6.07) is 0. The lowest BCUT2D eigenvalue weighted by atomic mass is 10.2. The van der Waals surface area contributed by atoms with Crippen molar-refractivity contribution in [3.05, 3.63) is 11.4 Å². The molecule has 0 aliphatic heterocycles. The molecule has 0 fully saturated rings. The van der Waals surface area contributed by atoms with Crippen LogP contribution in [0.15, 0.2) is 0 Å². The number of aromatic nitrogens is 3. The third-order valence-corrected chi connectivity index (χ3v) is 1.65. The molecule has 0 aliphatic rings. The van der Waals surface area contributed by atoms with E-state index in [1.54, 1.807) is 6.92 Å². The Kier molecular flexibility index (Phi) is 2.58. The van der Waals surface area contributed by atoms with Crippen LogP contribution in [0, 0.1) is 0 Å². The van der Waals surface area contributed by atoms with E-state index in [4.69, 9.17) is 0 Å². The molecule has 13 heavy (non-hydrogen) atoms. The molecule has 0 saturated carbocycles. The van der Waals surface area contributed by atoms with Gasteiger partial charge in [-0.2, -0.15) is 13.2 Å². The zero-order valence-corrected chi connectivity index (χ0v) is 7.39. The van der Waals surface area contributed by atoms with Gasteiger partial charge in [-0.1, -0.05) is 18.6 Å². The zero-order chi connectivity index (χ0) is 10.1. The van der Waals surface area contributed by atoms with Crippen molar-refractivity contribution in [3.63, 3.8) is 0 Å². The Labute approximate surface area is 73.5 Å². The molecule has 0 aliphatic carbocycles. The summed E-state index contributed by atoms with van der Waals surface area (Å²) in [6.07, 6.45) is -3.42. The van der Waals surface area contributed by atoms with Crippen LogP contribution in [0.5, 0.6) is 0 Å². The van der Waals surface area contributed by atoms with Crippen LogP contribution in [0.25, 0.3) is 0 Å². The van der Waals surface area contributed by atoms with Gasteiger partial charge >= 0.3 is 6.18 Å². The van der Waals surface area contributed by atoms with Gasteiger partial charge in [0.2, 0.25) is 0 Å². The number of hydrogen-bond donors (Lipinski definition) is 0. The minimum atomic E-state index is -4.36. The first-order chi connectivity index (χ1) is 5.96. The molecule has 0 amide bonds. The molecule has 0 atom stereocenters. The van der Waals surface area contributed by atoms with Crippen LogP contribution in [0.1, 0.15) is 24.7 Å². The van der Waals surface area contributed by atoms with Gasteiger partial charge in [0.25, 0.3) is 0 Å². The molecule has 0 spiro atoms. The first kappa shape index (κ1) is 10.0. The summed E-state index contributed by atoms with van der Waals surface area (Å²) >= 11 is 0. The molecule has 0 bridgehead atoms. The maximum absolute atomic E-state index is 12.4. The van der Waals surface area contributed by atoms with Gasteiger partial charge in [-0.15, -0.1) is 5.10 Å². The van der Waals surface area contributed by atoms with E-state index in [2.05, 4.69) is 10.3 Å². The summed E-state index contributed by atoms with van der Waals surface area (Å²) in [5.41, 5.74) is -0.716. The standard InChI is InChI=1S/C7H10F3N3/c1-3-4-5-6(7(8,9)10)13(2)12-11-5/h3-4H2,1-2H3. The second-order valence-electron chi connectivity index (χ2n) is 2.76. The Hall–Kier alpha value is -1.07. The second-order valence-corrected chi connectivity index (χ2v) is 2.76. The maximum atomic E-state index is 12.4. The van der Waals surface area contributed by atoms with Crippen LogP contribution in [0.4, 0.5) is 13.2 Å². The van der Waals surface area contributed by atoms with Crippen LogP contribution in [0.2, 0.25) is 0 Å². The molecule has 0 saturated heterocycles. The zero-order valence-electron chi connectivity index (χ0n) is 7.39. The predicted octanol–water partition coefficient (Wildman–Crippen LogP) is 1.79. The lowest BCUT2D eigenvalue weighted by Gasteiger charge is -2.07. The number of nitrogens with zero attached hydrogens (tertiary/aromatic N) is 3. The fourth-order valence-corrected chi connectivity index (χ4v) is 1.15. The number of rotatable bonds is 2. The fraction of sp³-hybridized carbons (Fsp3) is 0.714. The molecule has 3 nitrogen and oxygen atoms in total. The highest BCUT2D eigenvalue weighted by atomic mass is 19.4. The molecule has 74 valence electrons. The highest BCUT2D eigenvalue weighted by Crippen LogP contribution is 2.30. The van der Waals surface area contributed by atoms with Crippen molar-refractivity contribution in [1.29, 1.82) is 0 Å². The van der Waals surface area contributed by atoms with Gasteiger partial charge in [0.1, 0.15) is 0 Å². The van der Waals surface area contributed by atoms with E-state index in [9.17, 15) is 13.2 Å². The third kappa shape index (κ3) is 1.99. The Morgan fingerprint density at radius 2 is 2.00 bits per heavy atom. The smallest absolute Gasteiger partial charge is 0.243 e. The quantitative estimate of drug-likeness (QED) is 0.716. The SMILES string of the molecule is CCCc1nnn(C)c1C(F)(F)F. The predicted molar refractivity (Wildman–Crippen MR) is 40.0 cm³/mol. The number of alkyl halides is 3. The third-order valence-electron chi connectivity index (χ3n) is 1.65. The molecule has 0 radical (unpaired) electrons. The Morgan fingerprint density at radius 3 is 2.46 bits per heavy atom. The fourth-order valence-electron chi connectivity index (χ4n) is 1.15. The number of aryl methyl sites for hydroxylation is 2. The summed E-state index contributed by atoms with van der Waals surface area (Å²) in [5, 5.41) is 6.81. The lowest BCUT2D eigenvalue weighted by Crippen LogP contribution is -2.14. The van der Waals surface area contributed by atoms with Gasteiger partial charge in [0.05, 0.1) is 5.69 Å². The highest BCUT2D eigenvalue weighted by molar-refractivity contribution is 5.13. The van der Waals surface area contributed by atoms with Gasteiger partial charge in [-0.3, -0.25) is 0 Å². The minimum absolute atomic E-state index is 0.0255. The highest BCUT2D eigenvalue weighted by Gasteiger charge is 2.37. The van der Waals surface area contributed by atoms with Crippen molar-refractivity contribution in [2.45, 2.75) is 25.9 Å². The van der Waals surface area contributed by atoms with Crippen molar-refractivity contribution < 1.29 is 13.2 Å². The largest absolute Gasteiger partial charge is 0.434 e. The summed E-state index contributed by atoms with van der Waals surface area (Å²) in [7, 11) is 1.25. The van der Waals surface area contributed by atoms with Crippen molar-refractivity contribution in [2.75, 3.05) is 0 Å². The molecule has 6 heteroatoms. The first-order valence-corrected chi connectivity index (χ1v) is 3.92. The van der Waals surface area contributed by atoms with Crippen molar-refractivity contribution in [3.8, 4) is 0 Å². The van der Waals surface area contributed by atoms with E-state index in [-0.39, 0.29) is 5.69 Å². The van der Waals surface area contributed by atoms with Crippen LogP contribution < -0.4 is 0 Å². The number of halogens is 3. The monoisotopic (exact) mass is 193 g/mol. The first-order valence-electron chi connectivity index (χ1n) is 3.92. The molecule has 1 aromatic rings. The molecule has 0 unspecified atom stereocenters. The molecular weight excluding hydrogens is 183 g/mol. The van der Waals surface area contributed by atoms with Crippen molar-refractivity contribution in [1.82, 2.24) is 15.0 Å². The average molecular weight is 193 g/mol. The topological polar surface area (TPSA) is 30.7 Å². The van der Waals surface area contributed by atoms with Crippen LogP contribution in [-0.2, 0) is 19.6 Å². The Bertz CT molecular complexity index is 290. The van der Waals surface area contributed by atoms with Crippen LogP contribution in [0.3, 0.4) is 0 Å². The lowest BCUT2D eigenvalue weighted by molar-refractivity contribution is -0.144. The van der Waals surface area contributed by atoms with E-state index in [0.29, 0.717) is 12.8 Å². The van der Waals surface area contributed by atoms with Gasteiger partial charge in [0, 0.05) is 7.05 Å². The van der Waals surface area contributed by atoms with E-state index < -0.39 is 11.9 Å². The van der Waals surface area contributed by atoms with Crippen LogP contribution >= 0.6 is 0 Å². The van der Waals surface area contributed by atoms with Gasteiger partial charge in [0.15, 0.2) is 5.69 Å². The van der Waals surface area contributed by atoms with Gasteiger partial charge in [-0.05, 0) is 6.42 Å². The molecule has 1 heterocycles. The van der Waals surface area contributed by atoms with Crippen molar-refractivity contribution >= 4 is 0 Å². The minimum Gasteiger partial charge on any atom is -0.243 e. The van der Waals surface area contributed by atoms with E-state index in [0.717, 1.165) is 4.68 Å². The summed E-state index contributed by atoms with van der Waals surface area (Å²) < 4.78 is 37.9. The average Bonchev–Trinajstić information content (AvgIpc) is 2.31. The molecule has 0 aromatic carbocycles. The molecule has 0 N–H and O–H groups in total. The maximum Gasteiger partial charge on any atom is 0.434 e.